The lowest BCUT2D eigenvalue weighted by molar-refractivity contribution is 0.737. The van der Waals surface area contributed by atoms with Gasteiger partial charge in [0.1, 0.15) is 5.15 Å². The summed E-state index contributed by atoms with van der Waals surface area (Å²) in [5.74, 6) is 0. The number of pyridine rings is 1. The molecule has 0 aliphatic carbocycles. The maximum Gasteiger partial charge on any atom is 0.129 e. The first-order valence-corrected chi connectivity index (χ1v) is 4.40. The van der Waals surface area contributed by atoms with Crippen LogP contribution in [0.25, 0.3) is 0 Å². The van der Waals surface area contributed by atoms with Gasteiger partial charge in [0, 0.05) is 12.2 Å². The highest BCUT2D eigenvalue weighted by molar-refractivity contribution is 6.32. The topological polar surface area (TPSA) is 38.9 Å². The summed E-state index contributed by atoms with van der Waals surface area (Å²) in [4.78, 5) is 3.84. The number of aromatic nitrogens is 1. The average Bonchev–Trinajstić information content (AvgIpc) is 1.96. The van der Waals surface area contributed by atoms with Crippen molar-refractivity contribution in [2.75, 3.05) is 0 Å². The van der Waals surface area contributed by atoms with Crippen LogP contribution in [0.2, 0.25) is 10.2 Å². The van der Waals surface area contributed by atoms with E-state index in [1.165, 1.54) is 0 Å². The minimum absolute atomic E-state index is 0.0842. The minimum atomic E-state index is 0.0842. The predicted molar refractivity (Wildman–Crippen MR) is 51.6 cm³/mol. The molecule has 0 aliphatic heterocycles. The fourth-order valence-electron chi connectivity index (χ4n) is 0.955. The summed E-state index contributed by atoms with van der Waals surface area (Å²) < 4.78 is 0. The number of hydrogen-bond donors (Lipinski definition) is 1. The smallest absolute Gasteiger partial charge is 0.129 e. The zero-order valence-corrected chi connectivity index (χ0v) is 8.23. The Morgan fingerprint density at radius 2 is 2.25 bits per heavy atom. The molecule has 12 heavy (non-hydrogen) atoms. The van der Waals surface area contributed by atoms with Crippen LogP contribution >= 0.6 is 23.2 Å². The van der Waals surface area contributed by atoms with Crippen LogP contribution in [0.15, 0.2) is 12.3 Å². The highest BCUT2D eigenvalue weighted by Crippen LogP contribution is 2.18. The molecule has 0 saturated carbocycles. The fourth-order valence-corrected chi connectivity index (χ4v) is 1.32. The molecule has 1 heterocycles. The molecule has 2 nitrogen and oxygen atoms in total. The number of nitrogens with two attached hydrogens (primary N) is 1. The summed E-state index contributed by atoms with van der Waals surface area (Å²) in [6, 6.07) is 1.83. The van der Waals surface area contributed by atoms with Crippen LogP contribution in [0.1, 0.15) is 12.5 Å². The maximum atomic E-state index is 5.86. The van der Waals surface area contributed by atoms with Gasteiger partial charge in [-0.15, -0.1) is 0 Å². The van der Waals surface area contributed by atoms with Crippen molar-refractivity contribution in [2.24, 2.45) is 5.73 Å². The molecule has 0 bridgehead atoms. The molecule has 1 aromatic rings. The van der Waals surface area contributed by atoms with Crippen LogP contribution in [-0.4, -0.2) is 11.0 Å². The van der Waals surface area contributed by atoms with E-state index in [1.807, 2.05) is 6.92 Å². The van der Waals surface area contributed by atoms with E-state index < -0.39 is 0 Å². The second-order valence-electron chi connectivity index (χ2n) is 2.78. The van der Waals surface area contributed by atoms with Crippen LogP contribution in [0, 0.1) is 0 Å². The SMILES string of the molecule is C[C@H](N)Cc1cc(Cl)ncc1Cl. The van der Waals surface area contributed by atoms with Crippen molar-refractivity contribution in [3.05, 3.63) is 28.0 Å². The van der Waals surface area contributed by atoms with E-state index in [0.717, 1.165) is 12.0 Å². The van der Waals surface area contributed by atoms with Crippen molar-refractivity contribution in [1.82, 2.24) is 4.98 Å². The third-order valence-corrected chi connectivity index (χ3v) is 1.99. The van der Waals surface area contributed by atoms with Crippen molar-refractivity contribution in [2.45, 2.75) is 19.4 Å². The Morgan fingerprint density at radius 1 is 1.58 bits per heavy atom. The molecule has 0 aromatic carbocycles. The first kappa shape index (κ1) is 9.78. The van der Waals surface area contributed by atoms with Crippen LogP contribution in [0.3, 0.4) is 0 Å². The minimum Gasteiger partial charge on any atom is -0.328 e. The number of nitrogens with zero attached hydrogens (tertiary/aromatic N) is 1. The molecule has 0 radical (unpaired) electrons. The van der Waals surface area contributed by atoms with Gasteiger partial charge in [-0.1, -0.05) is 23.2 Å². The monoisotopic (exact) mass is 204 g/mol. The van der Waals surface area contributed by atoms with E-state index in [0.29, 0.717) is 10.2 Å². The summed E-state index contributed by atoms with van der Waals surface area (Å²) in [6.45, 7) is 1.92. The van der Waals surface area contributed by atoms with Crippen LogP contribution in [0.4, 0.5) is 0 Å². The van der Waals surface area contributed by atoms with Gasteiger partial charge >= 0.3 is 0 Å². The van der Waals surface area contributed by atoms with Gasteiger partial charge in [-0.05, 0) is 25.0 Å². The highest BCUT2D eigenvalue weighted by Gasteiger charge is 2.04. The predicted octanol–water partition coefficient (Wildman–Crippen LogP) is 2.28. The molecule has 0 fully saturated rings. The Balaban J connectivity index is 2.90. The lowest BCUT2D eigenvalue weighted by atomic mass is 10.1. The van der Waals surface area contributed by atoms with E-state index >= 15 is 0 Å². The first-order valence-electron chi connectivity index (χ1n) is 3.65. The van der Waals surface area contributed by atoms with Crippen LogP contribution in [-0.2, 0) is 6.42 Å². The van der Waals surface area contributed by atoms with Crippen LogP contribution in [0.5, 0.6) is 0 Å². The first-order chi connectivity index (χ1) is 5.59. The van der Waals surface area contributed by atoms with Gasteiger partial charge in [0.15, 0.2) is 0 Å². The van der Waals surface area contributed by atoms with Gasteiger partial charge in [0.2, 0.25) is 0 Å². The van der Waals surface area contributed by atoms with Crippen LogP contribution < -0.4 is 5.73 Å². The number of hydrogen-bond acceptors (Lipinski definition) is 2. The van der Waals surface area contributed by atoms with E-state index in [4.69, 9.17) is 28.9 Å². The second kappa shape index (κ2) is 4.08. The fraction of sp³-hybridized carbons (Fsp3) is 0.375. The van der Waals surface area contributed by atoms with E-state index in [-0.39, 0.29) is 6.04 Å². The molecule has 0 unspecified atom stereocenters. The Bertz CT molecular complexity index is 274. The Kier molecular flexibility index (Phi) is 3.32. The molecule has 2 N–H and O–H groups in total. The van der Waals surface area contributed by atoms with Crippen molar-refractivity contribution in [3.63, 3.8) is 0 Å². The average molecular weight is 205 g/mol. The summed E-state index contributed by atoms with van der Waals surface area (Å²) >= 11 is 11.6. The largest absolute Gasteiger partial charge is 0.328 e. The molecule has 1 rings (SSSR count). The Morgan fingerprint density at radius 3 is 2.83 bits per heavy atom. The summed E-state index contributed by atoms with van der Waals surface area (Å²) in [5, 5.41) is 1.08. The third-order valence-electron chi connectivity index (χ3n) is 1.44. The van der Waals surface area contributed by atoms with Gasteiger partial charge in [-0.25, -0.2) is 4.98 Å². The highest BCUT2D eigenvalue weighted by atomic mass is 35.5. The zero-order chi connectivity index (χ0) is 9.14. The lowest BCUT2D eigenvalue weighted by Gasteiger charge is -2.06. The summed E-state index contributed by atoms with van der Waals surface area (Å²) in [6.07, 6.45) is 2.27. The van der Waals surface area contributed by atoms with Crippen molar-refractivity contribution >= 4 is 23.2 Å². The molecule has 0 amide bonds. The van der Waals surface area contributed by atoms with Gasteiger partial charge in [0.25, 0.3) is 0 Å². The third kappa shape index (κ3) is 2.63. The van der Waals surface area contributed by atoms with Gasteiger partial charge in [0.05, 0.1) is 5.02 Å². The van der Waals surface area contributed by atoms with E-state index in [9.17, 15) is 0 Å². The van der Waals surface area contributed by atoms with E-state index in [1.54, 1.807) is 12.3 Å². The second-order valence-corrected chi connectivity index (χ2v) is 3.57. The van der Waals surface area contributed by atoms with Gasteiger partial charge in [-0.2, -0.15) is 0 Å². The summed E-state index contributed by atoms with van der Waals surface area (Å²) in [5.41, 5.74) is 6.57. The van der Waals surface area contributed by atoms with Crippen molar-refractivity contribution in [1.29, 1.82) is 0 Å². The number of halogens is 2. The normalized spacial score (nSPS) is 13.0. The lowest BCUT2D eigenvalue weighted by Crippen LogP contribution is -2.18. The molecule has 0 spiro atoms. The standard InChI is InChI=1S/C8H10Cl2N2/c1-5(11)2-6-3-8(10)12-4-7(6)9/h3-5H,2,11H2,1H3/t5-/m0/s1. The van der Waals surface area contributed by atoms with Gasteiger partial charge in [-0.3, -0.25) is 0 Å². The Labute approximate surface area is 81.7 Å². The molecule has 4 heteroatoms. The zero-order valence-electron chi connectivity index (χ0n) is 6.72. The van der Waals surface area contributed by atoms with Gasteiger partial charge < -0.3 is 5.73 Å². The Hall–Kier alpha value is -0.310. The molecular formula is C8H10Cl2N2. The summed E-state index contributed by atoms with van der Waals surface area (Å²) in [7, 11) is 0. The maximum absolute atomic E-state index is 5.86. The van der Waals surface area contributed by atoms with Crippen molar-refractivity contribution < 1.29 is 0 Å². The molecular weight excluding hydrogens is 195 g/mol. The molecule has 0 saturated heterocycles. The molecule has 66 valence electrons. The van der Waals surface area contributed by atoms with E-state index in [2.05, 4.69) is 4.98 Å². The number of rotatable bonds is 2. The molecule has 1 aromatic heterocycles. The van der Waals surface area contributed by atoms with Crippen molar-refractivity contribution in [3.8, 4) is 0 Å². The molecule has 0 aliphatic rings. The quantitative estimate of drug-likeness (QED) is 0.752. The molecule has 1 atom stereocenters.